The molecule has 1 aliphatic heterocycles. The van der Waals surface area contributed by atoms with Gasteiger partial charge in [-0.3, -0.25) is 9.59 Å². The Hall–Kier alpha value is -1.36. The normalized spacial score (nSPS) is 46.7. The maximum absolute atomic E-state index is 12.8. The maximum Gasteiger partial charge on any atom is 0.309 e. The quantitative estimate of drug-likeness (QED) is 0.744. The van der Waals surface area contributed by atoms with E-state index >= 15 is 0 Å². The molecule has 1 unspecified atom stereocenters. The molecule has 0 aromatic heterocycles. The molecule has 3 fully saturated rings. The second-order valence-corrected chi connectivity index (χ2v) is 9.82. The van der Waals surface area contributed by atoms with E-state index in [0.29, 0.717) is 17.8 Å². The number of aliphatic hydroxyl groups excluding tert-OH is 1. The zero-order valence-corrected chi connectivity index (χ0v) is 16.7. The molecule has 4 aliphatic rings. The van der Waals surface area contributed by atoms with Crippen LogP contribution in [0.2, 0.25) is 0 Å². The van der Waals surface area contributed by atoms with Gasteiger partial charge in [0.25, 0.3) is 0 Å². The molecule has 8 atom stereocenters. The van der Waals surface area contributed by atoms with E-state index in [0.717, 1.165) is 38.5 Å². The Balaban J connectivity index is 1.56. The van der Waals surface area contributed by atoms with Gasteiger partial charge in [0.1, 0.15) is 6.10 Å². The second-order valence-electron chi connectivity index (χ2n) is 9.82. The predicted molar refractivity (Wildman–Crippen MR) is 102 cm³/mol. The lowest BCUT2D eigenvalue weighted by Gasteiger charge is -2.58. The van der Waals surface area contributed by atoms with Crippen LogP contribution in [0.1, 0.15) is 59.3 Å². The van der Waals surface area contributed by atoms with Crippen molar-refractivity contribution < 1.29 is 19.4 Å². The van der Waals surface area contributed by atoms with Crippen LogP contribution in [-0.2, 0) is 14.3 Å². The SMILES string of the molecule is CC(CO)OC(=O)[C@H]1CC[C@H]2[C@@H]3CC[C@H]4NC(=O)C=C[C@]4(C)[C@H]3CC[C@]12C. The van der Waals surface area contributed by atoms with E-state index < -0.39 is 6.10 Å². The standard InChI is InChI=1S/C22H33NO4/c1-13(12-24)27-20(26)17-6-5-15-14-4-7-18-22(3,11-9-19(25)23-18)16(14)8-10-21(15,17)2/h9,11,13-18,24H,4-8,10,12H2,1-3H3,(H,23,25)/t13?,14-,15-,16-,17+,18+,21-,22+/m0/s1. The molecule has 5 nitrogen and oxygen atoms in total. The first kappa shape index (κ1) is 19.0. The summed E-state index contributed by atoms with van der Waals surface area (Å²) in [6, 6.07) is 0.244. The molecular weight excluding hydrogens is 342 g/mol. The Kier molecular flexibility index (Phi) is 4.65. The van der Waals surface area contributed by atoms with Gasteiger partial charge in [-0.25, -0.2) is 0 Å². The first-order valence-electron chi connectivity index (χ1n) is 10.6. The number of esters is 1. The molecule has 1 heterocycles. The number of nitrogens with one attached hydrogen (secondary N) is 1. The van der Waals surface area contributed by atoms with Gasteiger partial charge in [0, 0.05) is 11.5 Å². The minimum absolute atomic E-state index is 0.00173. The summed E-state index contributed by atoms with van der Waals surface area (Å²) in [6.07, 6.45) is 9.74. The Morgan fingerprint density at radius 1 is 1.26 bits per heavy atom. The van der Waals surface area contributed by atoms with Gasteiger partial charge in [0.15, 0.2) is 0 Å². The van der Waals surface area contributed by atoms with Gasteiger partial charge in [-0.15, -0.1) is 0 Å². The van der Waals surface area contributed by atoms with E-state index in [1.54, 1.807) is 13.0 Å². The number of hydrogen-bond donors (Lipinski definition) is 2. The number of rotatable bonds is 3. The maximum atomic E-state index is 12.8. The van der Waals surface area contributed by atoms with Crippen molar-refractivity contribution in [1.29, 1.82) is 0 Å². The van der Waals surface area contributed by atoms with Crippen LogP contribution in [0, 0.1) is 34.5 Å². The number of hydrogen-bond acceptors (Lipinski definition) is 4. The molecule has 0 aromatic rings. The molecule has 2 N–H and O–H groups in total. The van der Waals surface area contributed by atoms with E-state index in [1.165, 1.54) is 0 Å². The van der Waals surface area contributed by atoms with Crippen molar-refractivity contribution >= 4 is 11.9 Å². The molecule has 4 rings (SSSR count). The molecule has 0 saturated heterocycles. The van der Waals surface area contributed by atoms with E-state index in [9.17, 15) is 14.7 Å². The third-order valence-electron chi connectivity index (χ3n) is 8.54. The van der Waals surface area contributed by atoms with Gasteiger partial charge in [0.2, 0.25) is 5.91 Å². The van der Waals surface area contributed by atoms with Crippen LogP contribution in [0.5, 0.6) is 0 Å². The lowest BCUT2D eigenvalue weighted by atomic mass is 9.48. The summed E-state index contributed by atoms with van der Waals surface area (Å²) in [5, 5.41) is 12.4. The van der Waals surface area contributed by atoms with Gasteiger partial charge in [-0.2, -0.15) is 0 Å². The minimum Gasteiger partial charge on any atom is -0.460 e. The van der Waals surface area contributed by atoms with Crippen molar-refractivity contribution in [3.05, 3.63) is 12.2 Å². The summed E-state index contributed by atoms with van der Waals surface area (Å²) in [5.41, 5.74) is 0.0282. The summed E-state index contributed by atoms with van der Waals surface area (Å²) in [4.78, 5) is 24.6. The first-order chi connectivity index (χ1) is 12.8. The molecule has 3 saturated carbocycles. The summed E-state index contributed by atoms with van der Waals surface area (Å²) in [6.45, 7) is 6.23. The topological polar surface area (TPSA) is 75.6 Å². The van der Waals surface area contributed by atoms with Crippen molar-refractivity contribution in [1.82, 2.24) is 5.32 Å². The Bertz CT molecular complexity index is 661. The lowest BCUT2D eigenvalue weighted by Crippen LogP contribution is -2.59. The van der Waals surface area contributed by atoms with Gasteiger partial charge in [-0.05, 0) is 74.7 Å². The number of carbonyl (C=O) groups is 2. The largest absolute Gasteiger partial charge is 0.460 e. The van der Waals surface area contributed by atoms with Crippen LogP contribution >= 0.6 is 0 Å². The number of fused-ring (bicyclic) bond motifs is 5. The zero-order valence-electron chi connectivity index (χ0n) is 16.7. The molecule has 150 valence electrons. The third-order valence-corrected chi connectivity index (χ3v) is 8.54. The molecular formula is C22H33NO4. The zero-order chi connectivity index (χ0) is 19.4. The van der Waals surface area contributed by atoms with Crippen molar-refractivity contribution in [2.24, 2.45) is 34.5 Å². The highest BCUT2D eigenvalue weighted by molar-refractivity contribution is 5.89. The van der Waals surface area contributed by atoms with Crippen molar-refractivity contribution in [2.75, 3.05) is 6.61 Å². The molecule has 1 amide bonds. The highest BCUT2D eigenvalue weighted by Gasteiger charge is 2.61. The van der Waals surface area contributed by atoms with Gasteiger partial charge < -0.3 is 15.2 Å². The van der Waals surface area contributed by atoms with Crippen LogP contribution in [0.25, 0.3) is 0 Å². The van der Waals surface area contributed by atoms with Crippen LogP contribution < -0.4 is 5.32 Å². The van der Waals surface area contributed by atoms with Crippen molar-refractivity contribution in [2.45, 2.75) is 71.4 Å². The van der Waals surface area contributed by atoms with Gasteiger partial charge in [0.05, 0.1) is 12.5 Å². The fourth-order valence-corrected chi connectivity index (χ4v) is 7.04. The predicted octanol–water partition coefficient (Wildman–Crippen LogP) is 2.82. The molecule has 0 aromatic carbocycles. The molecule has 0 bridgehead atoms. The molecule has 27 heavy (non-hydrogen) atoms. The van der Waals surface area contributed by atoms with Gasteiger partial charge in [-0.1, -0.05) is 19.9 Å². The van der Waals surface area contributed by atoms with E-state index in [-0.39, 0.29) is 41.3 Å². The van der Waals surface area contributed by atoms with Crippen LogP contribution in [-0.4, -0.2) is 35.7 Å². The molecule has 0 radical (unpaired) electrons. The highest BCUT2D eigenvalue weighted by Crippen LogP contribution is 2.65. The highest BCUT2D eigenvalue weighted by atomic mass is 16.6. The smallest absolute Gasteiger partial charge is 0.309 e. The number of amides is 1. The minimum atomic E-state index is -0.429. The van der Waals surface area contributed by atoms with Gasteiger partial charge >= 0.3 is 5.97 Å². The average molecular weight is 376 g/mol. The monoisotopic (exact) mass is 375 g/mol. The average Bonchev–Trinajstić information content (AvgIpc) is 2.99. The van der Waals surface area contributed by atoms with Crippen LogP contribution in [0.3, 0.4) is 0 Å². The third kappa shape index (κ3) is 2.84. The number of carbonyl (C=O) groups excluding carboxylic acids is 2. The number of aliphatic hydroxyl groups is 1. The molecule has 5 heteroatoms. The number of ether oxygens (including phenoxy) is 1. The van der Waals surface area contributed by atoms with Crippen molar-refractivity contribution in [3.63, 3.8) is 0 Å². The molecule has 3 aliphatic carbocycles. The summed E-state index contributed by atoms with van der Waals surface area (Å²) in [5.74, 6) is 1.59. The first-order valence-corrected chi connectivity index (χ1v) is 10.6. The fraction of sp³-hybridized carbons (Fsp3) is 0.818. The van der Waals surface area contributed by atoms with E-state index in [1.807, 2.05) is 0 Å². The Labute approximate surface area is 161 Å². The fourth-order valence-electron chi connectivity index (χ4n) is 7.04. The summed E-state index contributed by atoms with van der Waals surface area (Å²) >= 11 is 0. The van der Waals surface area contributed by atoms with Crippen molar-refractivity contribution in [3.8, 4) is 0 Å². The van der Waals surface area contributed by atoms with E-state index in [2.05, 4.69) is 25.2 Å². The Morgan fingerprint density at radius 2 is 2.04 bits per heavy atom. The van der Waals surface area contributed by atoms with Crippen LogP contribution in [0.15, 0.2) is 12.2 Å². The summed E-state index contributed by atoms with van der Waals surface area (Å²) < 4.78 is 5.50. The lowest BCUT2D eigenvalue weighted by molar-refractivity contribution is -0.162. The van der Waals surface area contributed by atoms with Crippen LogP contribution in [0.4, 0.5) is 0 Å². The second kappa shape index (κ2) is 6.61. The summed E-state index contributed by atoms with van der Waals surface area (Å²) in [7, 11) is 0. The molecule has 0 spiro atoms. The van der Waals surface area contributed by atoms with E-state index in [4.69, 9.17) is 4.74 Å². The Morgan fingerprint density at radius 3 is 2.78 bits per heavy atom.